The number of anilines is 1. The molecule has 1 fully saturated rings. The Balaban J connectivity index is 1.87. The number of nitrogens with zero attached hydrogens (tertiary/aromatic N) is 2. The SMILES string of the molecule is CCCN1CCC(CN=C(NCCCOCCOC)Nc2ccc(OC(C)C)cc2)C1. The lowest BCUT2D eigenvalue weighted by molar-refractivity contribution is 0.0699. The Hall–Kier alpha value is -1.83. The normalized spacial score (nSPS) is 17.3. The van der Waals surface area contributed by atoms with Crippen LogP contribution in [-0.2, 0) is 9.47 Å². The summed E-state index contributed by atoms with van der Waals surface area (Å²) in [5.74, 6) is 2.33. The van der Waals surface area contributed by atoms with Crippen LogP contribution < -0.4 is 15.4 Å². The maximum atomic E-state index is 5.74. The van der Waals surface area contributed by atoms with Crippen molar-refractivity contribution in [2.24, 2.45) is 10.9 Å². The minimum atomic E-state index is 0.169. The van der Waals surface area contributed by atoms with E-state index in [9.17, 15) is 0 Å². The standard InChI is InChI=1S/C24H42N4O3/c1-5-13-28-14-11-21(19-28)18-26-24(25-12-6-15-30-17-16-29-4)27-22-7-9-23(10-8-22)31-20(2)3/h7-10,20-21H,5-6,11-19H2,1-4H3,(H2,25,26,27). The van der Waals surface area contributed by atoms with E-state index >= 15 is 0 Å². The van der Waals surface area contributed by atoms with Gasteiger partial charge in [-0.1, -0.05) is 6.92 Å². The van der Waals surface area contributed by atoms with E-state index in [1.807, 2.05) is 38.1 Å². The van der Waals surface area contributed by atoms with Crippen LogP contribution in [0.25, 0.3) is 0 Å². The molecule has 0 saturated carbocycles. The van der Waals surface area contributed by atoms with Gasteiger partial charge in [-0.3, -0.25) is 4.99 Å². The number of methoxy groups -OCH3 is 1. The molecule has 0 spiro atoms. The lowest BCUT2D eigenvalue weighted by Gasteiger charge is -2.16. The van der Waals surface area contributed by atoms with Gasteiger partial charge in [0.15, 0.2) is 5.96 Å². The van der Waals surface area contributed by atoms with Crippen LogP contribution in [0, 0.1) is 5.92 Å². The van der Waals surface area contributed by atoms with Crippen LogP contribution >= 0.6 is 0 Å². The molecule has 1 saturated heterocycles. The predicted molar refractivity (Wildman–Crippen MR) is 128 cm³/mol. The van der Waals surface area contributed by atoms with Gasteiger partial charge < -0.3 is 29.7 Å². The Bertz CT molecular complexity index is 622. The molecule has 31 heavy (non-hydrogen) atoms. The zero-order valence-electron chi connectivity index (χ0n) is 19.9. The van der Waals surface area contributed by atoms with E-state index < -0.39 is 0 Å². The highest BCUT2D eigenvalue weighted by atomic mass is 16.5. The van der Waals surface area contributed by atoms with Crippen LogP contribution in [0.15, 0.2) is 29.3 Å². The van der Waals surface area contributed by atoms with Gasteiger partial charge in [-0.2, -0.15) is 0 Å². The van der Waals surface area contributed by atoms with Crippen molar-refractivity contribution in [1.29, 1.82) is 0 Å². The molecule has 1 aromatic rings. The lowest BCUT2D eigenvalue weighted by Crippen LogP contribution is -2.33. The van der Waals surface area contributed by atoms with Gasteiger partial charge in [-0.15, -0.1) is 0 Å². The molecular formula is C24H42N4O3. The molecule has 1 heterocycles. The second-order valence-electron chi connectivity index (χ2n) is 8.35. The van der Waals surface area contributed by atoms with Gasteiger partial charge in [-0.05, 0) is 76.4 Å². The summed E-state index contributed by atoms with van der Waals surface area (Å²) in [6.45, 7) is 13.5. The summed E-state index contributed by atoms with van der Waals surface area (Å²) in [6.07, 6.45) is 3.53. The zero-order chi connectivity index (χ0) is 22.3. The van der Waals surface area contributed by atoms with E-state index in [0.29, 0.717) is 25.7 Å². The maximum absolute atomic E-state index is 5.74. The van der Waals surface area contributed by atoms with Gasteiger partial charge in [0.25, 0.3) is 0 Å². The maximum Gasteiger partial charge on any atom is 0.195 e. The van der Waals surface area contributed by atoms with Crippen molar-refractivity contribution in [2.75, 3.05) is 65.0 Å². The number of likely N-dealkylation sites (tertiary alicyclic amines) is 1. The van der Waals surface area contributed by atoms with Gasteiger partial charge >= 0.3 is 0 Å². The third-order valence-electron chi connectivity index (χ3n) is 5.10. The molecule has 0 radical (unpaired) electrons. The van der Waals surface area contributed by atoms with Crippen LogP contribution in [0.3, 0.4) is 0 Å². The largest absolute Gasteiger partial charge is 0.491 e. The average Bonchev–Trinajstić information content (AvgIpc) is 3.20. The molecule has 1 unspecified atom stereocenters. The summed E-state index contributed by atoms with van der Waals surface area (Å²) in [5.41, 5.74) is 0.998. The Morgan fingerprint density at radius 2 is 2.00 bits per heavy atom. The molecule has 0 aliphatic carbocycles. The van der Waals surface area contributed by atoms with E-state index in [1.165, 1.54) is 25.9 Å². The second kappa shape index (κ2) is 15.1. The lowest BCUT2D eigenvalue weighted by atomic mass is 10.1. The number of hydrogen-bond donors (Lipinski definition) is 2. The topological polar surface area (TPSA) is 67.4 Å². The number of aliphatic imine (C=N–C) groups is 1. The molecule has 0 amide bonds. The first-order valence-corrected chi connectivity index (χ1v) is 11.7. The zero-order valence-corrected chi connectivity index (χ0v) is 19.9. The number of hydrogen-bond acceptors (Lipinski definition) is 5. The van der Waals surface area contributed by atoms with Gasteiger partial charge in [0.2, 0.25) is 0 Å². The van der Waals surface area contributed by atoms with Crippen molar-refractivity contribution >= 4 is 11.6 Å². The second-order valence-corrected chi connectivity index (χ2v) is 8.35. The van der Waals surface area contributed by atoms with Crippen molar-refractivity contribution in [3.05, 3.63) is 24.3 Å². The third-order valence-corrected chi connectivity index (χ3v) is 5.10. The molecule has 0 aromatic heterocycles. The first kappa shape index (κ1) is 25.4. The van der Waals surface area contributed by atoms with Crippen molar-refractivity contribution in [2.45, 2.75) is 46.1 Å². The van der Waals surface area contributed by atoms with Crippen molar-refractivity contribution in [1.82, 2.24) is 10.2 Å². The average molecular weight is 435 g/mol. The molecule has 2 rings (SSSR count). The predicted octanol–water partition coefficient (Wildman–Crippen LogP) is 3.62. The number of benzene rings is 1. The molecule has 1 atom stereocenters. The van der Waals surface area contributed by atoms with E-state index in [4.69, 9.17) is 19.2 Å². The molecular weight excluding hydrogens is 392 g/mol. The smallest absolute Gasteiger partial charge is 0.195 e. The Labute approximate surface area is 188 Å². The Morgan fingerprint density at radius 3 is 2.71 bits per heavy atom. The number of guanidine groups is 1. The number of rotatable bonds is 14. The van der Waals surface area contributed by atoms with Crippen LogP contribution in [0.2, 0.25) is 0 Å². The van der Waals surface area contributed by atoms with E-state index in [1.54, 1.807) is 7.11 Å². The highest BCUT2D eigenvalue weighted by molar-refractivity contribution is 5.93. The monoisotopic (exact) mass is 434 g/mol. The van der Waals surface area contributed by atoms with E-state index in [2.05, 4.69) is 22.5 Å². The molecule has 1 aliphatic rings. The molecule has 0 bridgehead atoms. The fourth-order valence-electron chi connectivity index (χ4n) is 3.59. The first-order valence-electron chi connectivity index (χ1n) is 11.7. The van der Waals surface area contributed by atoms with E-state index in [0.717, 1.165) is 43.5 Å². The number of ether oxygens (including phenoxy) is 3. The summed E-state index contributed by atoms with van der Waals surface area (Å²) < 4.78 is 16.3. The van der Waals surface area contributed by atoms with Crippen LogP contribution in [0.5, 0.6) is 5.75 Å². The molecule has 1 aromatic carbocycles. The summed E-state index contributed by atoms with van der Waals surface area (Å²) in [7, 11) is 1.69. The molecule has 7 nitrogen and oxygen atoms in total. The molecule has 7 heteroatoms. The fraction of sp³-hybridized carbons (Fsp3) is 0.708. The molecule has 1 aliphatic heterocycles. The van der Waals surface area contributed by atoms with Crippen LogP contribution in [0.1, 0.15) is 40.0 Å². The summed E-state index contributed by atoms with van der Waals surface area (Å²) in [4.78, 5) is 7.44. The molecule has 176 valence electrons. The quantitative estimate of drug-likeness (QED) is 0.265. The first-order chi connectivity index (χ1) is 15.1. The van der Waals surface area contributed by atoms with Gasteiger partial charge in [0.1, 0.15) is 5.75 Å². The molecule has 2 N–H and O–H groups in total. The van der Waals surface area contributed by atoms with Crippen LogP contribution in [-0.4, -0.2) is 76.6 Å². The van der Waals surface area contributed by atoms with E-state index in [-0.39, 0.29) is 6.10 Å². The third kappa shape index (κ3) is 10.8. The van der Waals surface area contributed by atoms with Crippen molar-refractivity contribution in [3.8, 4) is 5.75 Å². The highest BCUT2D eigenvalue weighted by Crippen LogP contribution is 2.18. The van der Waals surface area contributed by atoms with Crippen molar-refractivity contribution in [3.63, 3.8) is 0 Å². The minimum Gasteiger partial charge on any atom is -0.491 e. The van der Waals surface area contributed by atoms with Gasteiger partial charge in [-0.25, -0.2) is 0 Å². The minimum absolute atomic E-state index is 0.169. The number of nitrogens with one attached hydrogen (secondary N) is 2. The van der Waals surface area contributed by atoms with Gasteiger partial charge in [0.05, 0.1) is 19.3 Å². The Kier molecular flexibility index (Phi) is 12.3. The summed E-state index contributed by atoms with van der Waals surface area (Å²) >= 11 is 0. The van der Waals surface area contributed by atoms with Gasteiger partial charge in [0, 0.05) is 39.0 Å². The Morgan fingerprint density at radius 1 is 1.19 bits per heavy atom. The summed E-state index contributed by atoms with van der Waals surface area (Å²) in [6, 6.07) is 8.04. The van der Waals surface area contributed by atoms with Crippen molar-refractivity contribution < 1.29 is 14.2 Å². The highest BCUT2D eigenvalue weighted by Gasteiger charge is 2.21. The van der Waals surface area contributed by atoms with Crippen LogP contribution in [0.4, 0.5) is 5.69 Å². The fourth-order valence-corrected chi connectivity index (χ4v) is 3.59. The summed E-state index contributed by atoms with van der Waals surface area (Å²) in [5, 5.41) is 6.89.